The number of carbonyl (C=O) groups is 3. The van der Waals surface area contributed by atoms with E-state index in [4.69, 9.17) is 0 Å². The third-order valence-corrected chi connectivity index (χ3v) is 7.44. The Labute approximate surface area is 249 Å². The number of ketones is 1. The number of nitrogens with one attached hydrogen (secondary N) is 3. The molecule has 0 aliphatic carbocycles. The third kappa shape index (κ3) is 7.59. The number of hydrogen-bond acceptors (Lipinski definition) is 6. The SMILES string of the molecule is CC(=O)CCCCC[C@H](NC(=O)c1ccc(-n2cnnn2)cc1)C(=O)NCCc1c(-c2ccccc2)[nH]c2ccccc12. The molecule has 2 heterocycles. The summed E-state index contributed by atoms with van der Waals surface area (Å²) in [6, 6.07) is 24.4. The number of nitrogens with zero attached hydrogens (tertiary/aromatic N) is 4. The average Bonchev–Trinajstić information content (AvgIpc) is 3.70. The highest BCUT2D eigenvalue weighted by atomic mass is 16.2. The molecule has 0 fully saturated rings. The zero-order chi connectivity index (χ0) is 30.0. The Morgan fingerprint density at radius 2 is 1.67 bits per heavy atom. The second-order valence-corrected chi connectivity index (χ2v) is 10.6. The van der Waals surface area contributed by atoms with Gasteiger partial charge in [-0.3, -0.25) is 9.59 Å². The Balaban J connectivity index is 1.25. The Morgan fingerprint density at radius 1 is 0.907 bits per heavy atom. The summed E-state index contributed by atoms with van der Waals surface area (Å²) in [7, 11) is 0. The van der Waals surface area contributed by atoms with E-state index in [-0.39, 0.29) is 17.6 Å². The van der Waals surface area contributed by atoms with Crippen molar-refractivity contribution in [3.8, 4) is 16.9 Å². The number of Topliss-reactive ketones (excluding diaryl/α,β-unsaturated/α-hetero) is 1. The van der Waals surface area contributed by atoms with Crippen molar-refractivity contribution in [3.63, 3.8) is 0 Å². The Hall–Kier alpha value is -5.12. The van der Waals surface area contributed by atoms with E-state index in [1.165, 1.54) is 11.0 Å². The van der Waals surface area contributed by atoms with Crippen LogP contribution in [0.15, 0.2) is 85.2 Å². The van der Waals surface area contributed by atoms with Crippen molar-refractivity contribution < 1.29 is 14.4 Å². The van der Waals surface area contributed by atoms with Crippen LogP contribution in [-0.4, -0.2) is 55.4 Å². The standard InChI is InChI=1S/C33H35N7O3/c1-23(41)10-4-2-7-15-30(37-32(42)25-16-18-26(19-17-25)40-22-35-38-39-40)33(43)34-21-20-28-27-13-8-9-14-29(27)36-31(28)24-11-5-3-6-12-24/h3,5-6,8-9,11-14,16-19,22,30,36H,2,4,7,10,15,20-21H2,1H3,(H,34,43)(H,37,42)/t30-/m0/s1. The maximum Gasteiger partial charge on any atom is 0.251 e. The van der Waals surface area contributed by atoms with Gasteiger partial charge in [0.1, 0.15) is 18.2 Å². The lowest BCUT2D eigenvalue weighted by molar-refractivity contribution is -0.123. The lowest BCUT2D eigenvalue weighted by Gasteiger charge is -2.19. The zero-order valence-corrected chi connectivity index (χ0v) is 24.1. The Bertz CT molecular complexity index is 1660. The van der Waals surface area contributed by atoms with Crippen LogP contribution < -0.4 is 10.6 Å². The van der Waals surface area contributed by atoms with Crippen LogP contribution in [0.4, 0.5) is 0 Å². The smallest absolute Gasteiger partial charge is 0.251 e. The van der Waals surface area contributed by atoms with Gasteiger partial charge in [-0.1, -0.05) is 61.4 Å². The van der Waals surface area contributed by atoms with Gasteiger partial charge in [0, 0.05) is 35.1 Å². The number of para-hydroxylation sites is 1. The number of carbonyl (C=O) groups excluding carboxylic acids is 3. The number of aromatic amines is 1. The molecule has 0 spiro atoms. The minimum absolute atomic E-state index is 0.153. The summed E-state index contributed by atoms with van der Waals surface area (Å²) in [6.45, 7) is 2.00. The van der Waals surface area contributed by atoms with Crippen molar-refractivity contribution in [2.75, 3.05) is 6.54 Å². The molecule has 0 unspecified atom stereocenters. The summed E-state index contributed by atoms with van der Waals surface area (Å²) >= 11 is 0. The fourth-order valence-corrected chi connectivity index (χ4v) is 5.20. The van der Waals surface area contributed by atoms with Crippen molar-refractivity contribution in [1.82, 2.24) is 35.8 Å². The van der Waals surface area contributed by atoms with Crippen LogP contribution in [0.25, 0.3) is 27.8 Å². The van der Waals surface area contributed by atoms with Crippen LogP contribution in [0.5, 0.6) is 0 Å². The first-order chi connectivity index (χ1) is 21.0. The number of hydrogen-bond donors (Lipinski definition) is 3. The van der Waals surface area contributed by atoms with Gasteiger partial charge in [-0.15, -0.1) is 5.10 Å². The summed E-state index contributed by atoms with van der Waals surface area (Å²) in [6.07, 6.45) is 5.36. The minimum Gasteiger partial charge on any atom is -0.354 e. The summed E-state index contributed by atoms with van der Waals surface area (Å²) in [5.74, 6) is -0.415. The highest BCUT2D eigenvalue weighted by Gasteiger charge is 2.22. The Morgan fingerprint density at radius 3 is 2.42 bits per heavy atom. The van der Waals surface area contributed by atoms with Crippen molar-refractivity contribution in [1.29, 1.82) is 0 Å². The normalized spacial score (nSPS) is 11.7. The maximum absolute atomic E-state index is 13.4. The molecule has 5 aromatic rings. The molecular weight excluding hydrogens is 542 g/mol. The van der Waals surface area contributed by atoms with Crippen LogP contribution in [0.3, 0.4) is 0 Å². The fourth-order valence-electron chi connectivity index (χ4n) is 5.20. The third-order valence-electron chi connectivity index (χ3n) is 7.44. The molecule has 10 heteroatoms. The van der Waals surface area contributed by atoms with Crippen LogP contribution in [-0.2, 0) is 16.0 Å². The highest BCUT2D eigenvalue weighted by Crippen LogP contribution is 2.30. The largest absolute Gasteiger partial charge is 0.354 e. The van der Waals surface area contributed by atoms with Gasteiger partial charge in [-0.2, -0.15) is 0 Å². The van der Waals surface area contributed by atoms with Gasteiger partial charge in [0.25, 0.3) is 5.91 Å². The van der Waals surface area contributed by atoms with E-state index >= 15 is 0 Å². The molecule has 0 radical (unpaired) electrons. The van der Waals surface area contributed by atoms with E-state index in [9.17, 15) is 14.4 Å². The minimum atomic E-state index is -0.708. The first-order valence-electron chi connectivity index (χ1n) is 14.6. The van der Waals surface area contributed by atoms with E-state index < -0.39 is 6.04 Å². The number of aromatic nitrogens is 5. The molecule has 5 rings (SSSR count). The molecule has 3 N–H and O–H groups in total. The van der Waals surface area contributed by atoms with Gasteiger partial charge in [0.05, 0.1) is 5.69 Å². The quantitative estimate of drug-likeness (QED) is 0.162. The first kappa shape index (κ1) is 29.4. The number of H-pyrrole nitrogens is 1. The van der Waals surface area contributed by atoms with E-state index in [1.54, 1.807) is 31.2 Å². The lowest BCUT2D eigenvalue weighted by Crippen LogP contribution is -2.47. The molecule has 0 aliphatic heterocycles. The van der Waals surface area contributed by atoms with Crippen molar-refractivity contribution >= 4 is 28.5 Å². The fraction of sp³-hybridized carbons (Fsp3) is 0.273. The van der Waals surface area contributed by atoms with Gasteiger partial charge in [-0.05, 0) is 78.1 Å². The lowest BCUT2D eigenvalue weighted by atomic mass is 10.0. The molecule has 220 valence electrons. The Kier molecular flexibility index (Phi) is 9.68. The van der Waals surface area contributed by atoms with Gasteiger partial charge in [-0.25, -0.2) is 4.68 Å². The van der Waals surface area contributed by atoms with Gasteiger partial charge in [0.15, 0.2) is 0 Å². The molecule has 3 aromatic carbocycles. The average molecular weight is 578 g/mol. The topological polar surface area (TPSA) is 135 Å². The molecule has 10 nitrogen and oxygen atoms in total. The summed E-state index contributed by atoms with van der Waals surface area (Å²) in [5, 5.41) is 18.2. The predicted molar refractivity (Wildman–Crippen MR) is 165 cm³/mol. The number of amides is 2. The van der Waals surface area contributed by atoms with E-state index in [0.29, 0.717) is 43.5 Å². The van der Waals surface area contributed by atoms with Crippen LogP contribution in [0.1, 0.15) is 54.9 Å². The number of benzene rings is 3. The molecule has 0 aliphatic rings. The zero-order valence-electron chi connectivity index (χ0n) is 24.1. The second-order valence-electron chi connectivity index (χ2n) is 10.6. The van der Waals surface area contributed by atoms with Crippen LogP contribution >= 0.6 is 0 Å². The van der Waals surface area contributed by atoms with E-state index in [2.05, 4.69) is 55.4 Å². The monoisotopic (exact) mass is 577 g/mol. The molecule has 43 heavy (non-hydrogen) atoms. The first-order valence-corrected chi connectivity index (χ1v) is 14.6. The number of unbranched alkanes of at least 4 members (excludes halogenated alkanes) is 2. The molecular formula is C33H35N7O3. The molecule has 0 bridgehead atoms. The molecule has 2 aromatic heterocycles. The maximum atomic E-state index is 13.4. The molecule has 2 amide bonds. The van der Waals surface area contributed by atoms with E-state index in [0.717, 1.165) is 40.6 Å². The van der Waals surface area contributed by atoms with Crippen molar-refractivity contribution in [2.24, 2.45) is 0 Å². The number of rotatable bonds is 14. The molecule has 1 atom stereocenters. The molecule has 0 saturated carbocycles. The summed E-state index contributed by atoms with van der Waals surface area (Å²) in [4.78, 5) is 41.4. The van der Waals surface area contributed by atoms with Crippen molar-refractivity contribution in [2.45, 2.75) is 51.5 Å². The summed E-state index contributed by atoms with van der Waals surface area (Å²) < 4.78 is 1.50. The number of tetrazole rings is 1. The van der Waals surface area contributed by atoms with Gasteiger partial charge < -0.3 is 20.4 Å². The van der Waals surface area contributed by atoms with Gasteiger partial charge >= 0.3 is 0 Å². The van der Waals surface area contributed by atoms with Crippen LogP contribution in [0, 0.1) is 0 Å². The highest BCUT2D eigenvalue weighted by molar-refractivity contribution is 5.97. The summed E-state index contributed by atoms with van der Waals surface area (Å²) in [5.41, 5.74) is 5.45. The number of fused-ring (bicyclic) bond motifs is 1. The van der Waals surface area contributed by atoms with Crippen LogP contribution in [0.2, 0.25) is 0 Å². The van der Waals surface area contributed by atoms with E-state index in [1.807, 2.05) is 30.3 Å². The predicted octanol–water partition coefficient (Wildman–Crippen LogP) is 4.81. The second kappa shape index (κ2) is 14.2. The molecule has 0 saturated heterocycles. The van der Waals surface area contributed by atoms with Crippen molar-refractivity contribution in [3.05, 3.63) is 96.3 Å². The van der Waals surface area contributed by atoms with Gasteiger partial charge in [0.2, 0.25) is 5.91 Å².